The second-order valence-electron chi connectivity index (χ2n) is 3.37. The van der Waals surface area contributed by atoms with Crippen molar-refractivity contribution in [3.8, 4) is 0 Å². The summed E-state index contributed by atoms with van der Waals surface area (Å²) < 4.78 is 2.04. The average molecular weight is 293 g/mol. The number of benzene rings is 1. The van der Waals surface area contributed by atoms with Crippen LogP contribution in [0.1, 0.15) is 0 Å². The first-order valence-electron chi connectivity index (χ1n) is 5.11. The van der Waals surface area contributed by atoms with Crippen molar-refractivity contribution < 1.29 is 0 Å². The largest absolute Gasteiger partial charge is 0.368 e. The second-order valence-corrected chi connectivity index (χ2v) is 5.13. The molecule has 0 aliphatic heterocycles. The first-order valence-corrected chi connectivity index (χ1v) is 6.38. The molecule has 6 N–H and O–H groups in total. The second kappa shape index (κ2) is 5.67. The van der Waals surface area contributed by atoms with E-state index in [0.717, 1.165) is 9.86 Å². The van der Waals surface area contributed by atoms with Crippen LogP contribution in [0.3, 0.4) is 0 Å². The van der Waals surface area contributed by atoms with Gasteiger partial charge >= 0.3 is 0 Å². The minimum absolute atomic E-state index is 0.0417. The topological polar surface area (TPSA) is 130 Å². The maximum absolute atomic E-state index is 5.14. The normalized spacial score (nSPS) is 9.95. The van der Waals surface area contributed by atoms with Crippen LogP contribution in [0, 0.1) is 0 Å². The van der Waals surface area contributed by atoms with Crippen LogP contribution in [0.2, 0.25) is 0 Å². The third-order valence-electron chi connectivity index (χ3n) is 1.97. The predicted octanol–water partition coefficient (Wildman–Crippen LogP) is 1.20. The number of hydrogen-bond acceptors (Lipinski definition) is 9. The Morgan fingerprint density at radius 2 is 1.37 bits per heavy atom. The molecule has 1 aromatic carbocycles. The molecule has 3 aromatic rings. The molecule has 0 amide bonds. The summed E-state index contributed by atoms with van der Waals surface area (Å²) in [6.45, 7) is 0. The van der Waals surface area contributed by atoms with Gasteiger partial charge in [-0.15, -0.1) is 24.0 Å². The van der Waals surface area contributed by atoms with E-state index in [0.29, 0.717) is 0 Å². The molecule has 9 heteroatoms. The lowest BCUT2D eigenvalue weighted by molar-refractivity contribution is 1.09. The summed E-state index contributed by atoms with van der Waals surface area (Å²) in [5.74, 6) is 0.125. The van der Waals surface area contributed by atoms with Gasteiger partial charge in [-0.05, 0) is 12.1 Å². The zero-order chi connectivity index (χ0) is 13.8. The highest BCUT2D eigenvalue weighted by atomic mass is 32.2. The molecule has 0 aliphatic carbocycles. The van der Waals surface area contributed by atoms with Crippen molar-refractivity contribution in [1.29, 1.82) is 0 Å². The molecule has 0 unspecified atom stereocenters. The Labute approximate surface area is 118 Å². The van der Waals surface area contributed by atoms with Gasteiger partial charge in [0.1, 0.15) is 4.34 Å². The fourth-order valence-corrected chi connectivity index (χ4v) is 2.40. The molecule has 0 fully saturated rings. The number of thiol groups is 1. The number of nitrogens with zero attached hydrogens (tertiary/aromatic N) is 4. The van der Waals surface area contributed by atoms with E-state index >= 15 is 0 Å². The van der Waals surface area contributed by atoms with Crippen LogP contribution in [-0.4, -0.2) is 19.9 Å². The number of aromatic nitrogens is 4. The van der Waals surface area contributed by atoms with Gasteiger partial charge in [-0.25, -0.2) is 4.98 Å². The molecule has 0 radical (unpaired) electrons. The summed E-state index contributed by atoms with van der Waals surface area (Å²) in [5, 5.41) is 0. The van der Waals surface area contributed by atoms with Crippen LogP contribution >= 0.6 is 24.0 Å². The predicted molar refractivity (Wildman–Crippen MR) is 79.9 cm³/mol. The molecule has 2 aromatic heterocycles. The van der Waals surface area contributed by atoms with Gasteiger partial charge in [0.15, 0.2) is 0 Å². The van der Waals surface area contributed by atoms with E-state index in [1.807, 2.05) is 24.3 Å². The highest BCUT2D eigenvalue weighted by Gasteiger charge is 1.96. The van der Waals surface area contributed by atoms with Gasteiger partial charge in [0.2, 0.25) is 17.8 Å². The average Bonchev–Trinajstić information content (AvgIpc) is 2.67. The van der Waals surface area contributed by atoms with Gasteiger partial charge in [-0.2, -0.15) is 15.0 Å². The molecule has 2 heterocycles. The fourth-order valence-electron chi connectivity index (χ4n) is 1.29. The number of para-hydroxylation sites is 1. The monoisotopic (exact) mass is 293 g/mol. The van der Waals surface area contributed by atoms with E-state index in [9.17, 15) is 0 Å². The third-order valence-corrected chi connectivity index (χ3v) is 3.18. The van der Waals surface area contributed by atoms with Gasteiger partial charge in [-0.3, -0.25) is 0 Å². The van der Waals surface area contributed by atoms with Crippen LogP contribution in [0.4, 0.5) is 17.8 Å². The Balaban J connectivity index is 0.000000141. The van der Waals surface area contributed by atoms with Crippen LogP contribution in [0.15, 0.2) is 28.6 Å². The number of fused-ring (bicyclic) bond motifs is 1. The fraction of sp³-hybridized carbons (Fsp3) is 0. The summed E-state index contributed by atoms with van der Waals surface area (Å²) in [6, 6.07) is 8.03. The Morgan fingerprint density at radius 1 is 0.842 bits per heavy atom. The summed E-state index contributed by atoms with van der Waals surface area (Å²) in [4.78, 5) is 14.7. The summed E-state index contributed by atoms with van der Waals surface area (Å²) in [5.41, 5.74) is 16.5. The molecule has 19 heavy (non-hydrogen) atoms. The maximum atomic E-state index is 5.14. The van der Waals surface area contributed by atoms with Crippen molar-refractivity contribution in [2.24, 2.45) is 0 Å². The molecular weight excluding hydrogens is 282 g/mol. The van der Waals surface area contributed by atoms with E-state index in [1.165, 1.54) is 4.70 Å². The molecule has 98 valence electrons. The van der Waals surface area contributed by atoms with Crippen LogP contribution in [0.5, 0.6) is 0 Å². The first-order chi connectivity index (χ1) is 9.04. The number of anilines is 3. The van der Waals surface area contributed by atoms with E-state index in [4.69, 9.17) is 17.2 Å². The third kappa shape index (κ3) is 3.66. The first kappa shape index (κ1) is 13.3. The number of rotatable bonds is 0. The molecular formula is C10H11N7S2. The van der Waals surface area contributed by atoms with E-state index in [1.54, 1.807) is 11.3 Å². The zero-order valence-electron chi connectivity index (χ0n) is 9.69. The smallest absolute Gasteiger partial charge is 0.226 e. The lowest BCUT2D eigenvalue weighted by Gasteiger charge is -1.93. The Morgan fingerprint density at radius 3 is 1.89 bits per heavy atom. The lowest BCUT2D eigenvalue weighted by Crippen LogP contribution is -2.05. The Kier molecular flexibility index (Phi) is 3.97. The summed E-state index contributed by atoms with van der Waals surface area (Å²) in [6.07, 6.45) is 0. The molecule has 0 saturated carbocycles. The minimum atomic E-state index is 0.0417. The molecule has 0 saturated heterocycles. The number of hydrogen-bond donors (Lipinski definition) is 4. The van der Waals surface area contributed by atoms with Crippen molar-refractivity contribution in [2.45, 2.75) is 4.34 Å². The summed E-state index contributed by atoms with van der Waals surface area (Å²) in [7, 11) is 0. The van der Waals surface area contributed by atoms with Crippen LogP contribution < -0.4 is 17.2 Å². The van der Waals surface area contributed by atoms with Gasteiger partial charge in [0.25, 0.3) is 0 Å². The maximum Gasteiger partial charge on any atom is 0.226 e. The van der Waals surface area contributed by atoms with Gasteiger partial charge < -0.3 is 17.2 Å². The molecule has 0 atom stereocenters. The molecule has 7 nitrogen and oxygen atoms in total. The highest BCUT2D eigenvalue weighted by Crippen LogP contribution is 2.23. The lowest BCUT2D eigenvalue weighted by atomic mass is 10.3. The van der Waals surface area contributed by atoms with Crippen molar-refractivity contribution >= 4 is 52.0 Å². The quantitative estimate of drug-likeness (QED) is 0.458. The number of thiazole rings is 1. The zero-order valence-corrected chi connectivity index (χ0v) is 11.4. The molecule has 0 spiro atoms. The minimum Gasteiger partial charge on any atom is -0.368 e. The molecule has 0 aliphatic rings. The van der Waals surface area contributed by atoms with Crippen molar-refractivity contribution in [2.75, 3.05) is 17.2 Å². The Bertz CT molecular complexity index is 614. The standard InChI is InChI=1S/C7H5NS2.C3H6N6/c9-7-8-5-3-1-2-4-6(5)10-7;4-1-7-2(5)9-3(6)8-1/h1-4H,(H,8,9);(H6,4,5,6,7,8,9). The highest BCUT2D eigenvalue weighted by molar-refractivity contribution is 7.82. The van der Waals surface area contributed by atoms with Gasteiger partial charge in [0, 0.05) is 0 Å². The SMILES string of the molecule is Nc1nc(N)nc(N)n1.Sc1nc2ccccc2s1. The molecule has 3 rings (SSSR count). The number of nitrogens with two attached hydrogens (primary N) is 3. The number of nitrogen functional groups attached to an aromatic ring is 3. The van der Waals surface area contributed by atoms with Crippen LogP contribution in [0.25, 0.3) is 10.2 Å². The van der Waals surface area contributed by atoms with Crippen molar-refractivity contribution in [3.05, 3.63) is 24.3 Å². The van der Waals surface area contributed by atoms with E-state index in [-0.39, 0.29) is 17.8 Å². The van der Waals surface area contributed by atoms with E-state index in [2.05, 4.69) is 32.6 Å². The molecule has 0 bridgehead atoms. The summed E-state index contributed by atoms with van der Waals surface area (Å²) >= 11 is 5.76. The van der Waals surface area contributed by atoms with Crippen molar-refractivity contribution in [1.82, 2.24) is 19.9 Å². The Hall–Kier alpha value is -2.13. The van der Waals surface area contributed by atoms with Crippen molar-refractivity contribution in [3.63, 3.8) is 0 Å². The van der Waals surface area contributed by atoms with Gasteiger partial charge in [0.05, 0.1) is 10.2 Å². The van der Waals surface area contributed by atoms with E-state index < -0.39 is 0 Å². The van der Waals surface area contributed by atoms with Crippen LogP contribution in [-0.2, 0) is 0 Å². The van der Waals surface area contributed by atoms with Gasteiger partial charge in [-0.1, -0.05) is 12.1 Å².